The second-order valence-electron chi connectivity index (χ2n) is 4.00. The monoisotopic (exact) mass is 431 g/mol. The van der Waals surface area contributed by atoms with Gasteiger partial charge in [0.05, 0.1) is 0 Å². The summed E-state index contributed by atoms with van der Waals surface area (Å²) in [5.41, 5.74) is 0.465. The summed E-state index contributed by atoms with van der Waals surface area (Å²) in [7, 11) is 0. The number of anilines is 1. The first-order valence-electron chi connectivity index (χ1n) is 5.78. The predicted octanol–water partition coefficient (Wildman–Crippen LogP) is 3.23. The first kappa shape index (κ1) is 18.4. The predicted molar refractivity (Wildman–Crippen MR) is 78.8 cm³/mol. The Hall–Kier alpha value is -1.65. The van der Waals surface area contributed by atoms with Crippen LogP contribution in [0, 0.1) is 3.57 Å². The van der Waals surface area contributed by atoms with Crippen molar-refractivity contribution in [3.05, 3.63) is 40.0 Å². The number of halogens is 5. The molecule has 1 aromatic carbocycles. The molecule has 0 aliphatic heterocycles. The summed E-state index contributed by atoms with van der Waals surface area (Å²) in [5, 5.41) is 2.41. The van der Waals surface area contributed by atoms with Crippen molar-refractivity contribution in [1.29, 1.82) is 0 Å². The van der Waals surface area contributed by atoms with Gasteiger partial charge in [0.2, 0.25) is 5.91 Å². The van der Waals surface area contributed by atoms with Gasteiger partial charge in [0.15, 0.2) is 6.61 Å². The molecule has 4 nitrogen and oxygen atoms in total. The summed E-state index contributed by atoms with van der Waals surface area (Å²) in [5.74, 6) is -6.44. The van der Waals surface area contributed by atoms with Crippen LogP contribution in [-0.2, 0) is 14.3 Å². The van der Waals surface area contributed by atoms with Gasteiger partial charge in [-0.3, -0.25) is 4.79 Å². The van der Waals surface area contributed by atoms with Gasteiger partial charge in [0.25, 0.3) is 0 Å². The van der Waals surface area contributed by atoms with E-state index in [1.807, 2.05) is 0 Å². The van der Waals surface area contributed by atoms with Crippen molar-refractivity contribution in [3.63, 3.8) is 0 Å². The minimum atomic E-state index is -4.42. The maximum Gasteiger partial charge on any atom is 0.340 e. The van der Waals surface area contributed by atoms with E-state index in [1.54, 1.807) is 24.3 Å². The van der Waals surface area contributed by atoms with Crippen LogP contribution in [0.2, 0.25) is 0 Å². The Balaban J connectivity index is 2.45. The van der Waals surface area contributed by atoms with Gasteiger partial charge in [0.1, 0.15) is 0 Å². The number of amides is 1. The molecule has 0 aromatic heterocycles. The number of hydrogen-bond acceptors (Lipinski definition) is 3. The zero-order valence-corrected chi connectivity index (χ0v) is 13.0. The Morgan fingerprint density at radius 1 is 1.23 bits per heavy atom. The fourth-order valence-electron chi connectivity index (χ4n) is 1.14. The lowest BCUT2D eigenvalue weighted by Gasteiger charge is -2.13. The fourth-order valence-corrected chi connectivity index (χ4v) is 1.50. The molecule has 0 aliphatic carbocycles. The van der Waals surface area contributed by atoms with Gasteiger partial charge < -0.3 is 10.1 Å². The summed E-state index contributed by atoms with van der Waals surface area (Å²) in [6, 6.07) is 6.71. The van der Waals surface area contributed by atoms with Crippen molar-refractivity contribution in [2.24, 2.45) is 0 Å². The quantitative estimate of drug-likeness (QED) is 0.326. The molecule has 0 bridgehead atoms. The first-order chi connectivity index (χ1) is 10.2. The number of benzene rings is 1. The second kappa shape index (κ2) is 8.11. The van der Waals surface area contributed by atoms with E-state index in [4.69, 9.17) is 0 Å². The highest BCUT2D eigenvalue weighted by atomic mass is 127. The number of hydrogen-bond donors (Lipinski definition) is 1. The van der Waals surface area contributed by atoms with Crippen molar-refractivity contribution in [1.82, 2.24) is 0 Å². The number of carbonyl (C=O) groups excluding carboxylic acids is 2. The van der Waals surface area contributed by atoms with Crippen LogP contribution in [0.25, 0.3) is 0 Å². The Kier molecular flexibility index (Phi) is 6.78. The largest absolute Gasteiger partial charge is 0.456 e. The Labute approximate surface area is 136 Å². The van der Waals surface area contributed by atoms with E-state index in [-0.39, 0.29) is 0 Å². The zero-order chi connectivity index (χ0) is 16.8. The minimum Gasteiger partial charge on any atom is -0.456 e. The third-order valence-corrected chi connectivity index (χ3v) is 2.93. The maximum atomic E-state index is 12.5. The van der Waals surface area contributed by atoms with Crippen LogP contribution in [0.4, 0.5) is 23.2 Å². The van der Waals surface area contributed by atoms with E-state index in [1.165, 1.54) is 0 Å². The van der Waals surface area contributed by atoms with Gasteiger partial charge in [0, 0.05) is 21.4 Å². The average Bonchev–Trinajstić information content (AvgIpc) is 2.45. The van der Waals surface area contributed by atoms with Crippen LogP contribution in [0.3, 0.4) is 0 Å². The molecule has 0 spiro atoms. The molecule has 0 saturated carbocycles. The molecule has 0 fully saturated rings. The molecule has 0 aliphatic rings. The van der Waals surface area contributed by atoms with Crippen molar-refractivity contribution in [2.45, 2.75) is 12.3 Å². The number of esters is 1. The highest BCUT2D eigenvalue weighted by Crippen LogP contribution is 2.22. The lowest BCUT2D eigenvalue weighted by atomic mass is 10.3. The molecular formula is C13H10F4INO3. The van der Waals surface area contributed by atoms with E-state index in [0.717, 1.165) is 9.65 Å². The van der Waals surface area contributed by atoms with Crippen molar-refractivity contribution in [3.8, 4) is 0 Å². The van der Waals surface area contributed by atoms with E-state index in [2.05, 4.69) is 32.6 Å². The second-order valence-corrected chi connectivity index (χ2v) is 5.24. The van der Waals surface area contributed by atoms with Crippen molar-refractivity contribution < 1.29 is 31.9 Å². The van der Waals surface area contributed by atoms with Gasteiger partial charge in [-0.2, -0.15) is 8.78 Å². The Morgan fingerprint density at radius 2 is 1.82 bits per heavy atom. The molecule has 0 radical (unpaired) electrons. The van der Waals surface area contributed by atoms with Gasteiger partial charge in [-0.05, 0) is 46.9 Å². The van der Waals surface area contributed by atoms with Gasteiger partial charge in [-0.15, -0.1) is 0 Å². The van der Waals surface area contributed by atoms with E-state index < -0.39 is 30.8 Å². The highest BCUT2D eigenvalue weighted by Gasteiger charge is 2.42. The summed E-state index contributed by atoms with van der Waals surface area (Å²) in [6.45, 7) is -1.76. The Morgan fingerprint density at radius 3 is 2.36 bits per heavy atom. The summed E-state index contributed by atoms with van der Waals surface area (Å²) >= 11 is 2.07. The van der Waals surface area contributed by atoms with Crippen molar-refractivity contribution >= 4 is 40.2 Å². The first-order valence-corrected chi connectivity index (χ1v) is 6.86. The lowest BCUT2D eigenvalue weighted by Crippen LogP contribution is -2.33. The molecule has 0 heterocycles. The minimum absolute atomic E-state index is 0.465. The number of carbonyl (C=O) groups is 2. The third kappa shape index (κ3) is 6.41. The van der Waals surface area contributed by atoms with Gasteiger partial charge >= 0.3 is 18.3 Å². The summed E-state index contributed by atoms with van der Waals surface area (Å²) < 4.78 is 53.5. The highest BCUT2D eigenvalue weighted by molar-refractivity contribution is 14.1. The van der Waals surface area contributed by atoms with Crippen LogP contribution >= 0.6 is 22.6 Å². The smallest absolute Gasteiger partial charge is 0.340 e. The van der Waals surface area contributed by atoms with Crippen LogP contribution in [-0.4, -0.2) is 30.8 Å². The van der Waals surface area contributed by atoms with Gasteiger partial charge in [-0.1, -0.05) is 0 Å². The summed E-state index contributed by atoms with van der Waals surface area (Å²) in [6.07, 6.45) is -2.61. The maximum absolute atomic E-state index is 12.5. The van der Waals surface area contributed by atoms with E-state index in [0.29, 0.717) is 11.8 Å². The molecule has 0 saturated heterocycles. The SMILES string of the molecule is O=C(C=CC(=O)OCC(F)(F)C(F)F)Nc1ccc(I)cc1. The Bertz CT molecular complexity index is 561. The number of nitrogens with one attached hydrogen (secondary N) is 1. The molecule has 1 rings (SSSR count). The van der Waals surface area contributed by atoms with Gasteiger partial charge in [-0.25, -0.2) is 13.6 Å². The molecule has 120 valence electrons. The molecule has 0 atom stereocenters. The molecule has 1 aromatic rings. The molecule has 1 N–H and O–H groups in total. The molecule has 0 unspecified atom stereocenters. The molecule has 9 heteroatoms. The van der Waals surface area contributed by atoms with E-state index in [9.17, 15) is 27.2 Å². The topological polar surface area (TPSA) is 55.4 Å². The number of rotatable bonds is 6. The molecular weight excluding hydrogens is 421 g/mol. The number of ether oxygens (including phenoxy) is 1. The molecule has 22 heavy (non-hydrogen) atoms. The average molecular weight is 431 g/mol. The third-order valence-electron chi connectivity index (χ3n) is 2.21. The number of alkyl halides is 4. The van der Waals surface area contributed by atoms with Crippen molar-refractivity contribution in [2.75, 3.05) is 11.9 Å². The normalized spacial score (nSPS) is 11.7. The summed E-state index contributed by atoms with van der Waals surface area (Å²) in [4.78, 5) is 22.5. The van der Waals surface area contributed by atoms with Crippen LogP contribution in [0.15, 0.2) is 36.4 Å². The zero-order valence-electron chi connectivity index (χ0n) is 10.9. The standard InChI is InChI=1S/C13H10F4INO3/c14-12(15)13(16,17)7-22-11(21)6-5-10(20)19-9-3-1-8(18)2-4-9/h1-6,12H,7H2,(H,19,20). The van der Waals surface area contributed by atoms with Crippen LogP contribution < -0.4 is 5.32 Å². The van der Waals surface area contributed by atoms with E-state index >= 15 is 0 Å². The molecule has 1 amide bonds. The van der Waals surface area contributed by atoms with Crippen LogP contribution in [0.1, 0.15) is 0 Å². The fraction of sp³-hybridized carbons (Fsp3) is 0.231. The van der Waals surface area contributed by atoms with Crippen LogP contribution in [0.5, 0.6) is 0 Å². The lowest BCUT2D eigenvalue weighted by molar-refractivity contribution is -0.176.